The van der Waals surface area contributed by atoms with E-state index in [9.17, 15) is 9.59 Å². The fraction of sp³-hybridized carbons (Fsp3) is 0.0556. The van der Waals surface area contributed by atoms with E-state index in [0.717, 1.165) is 11.3 Å². The molecule has 0 aliphatic carbocycles. The van der Waals surface area contributed by atoms with Gasteiger partial charge in [-0.1, -0.05) is 29.8 Å². The van der Waals surface area contributed by atoms with E-state index in [1.54, 1.807) is 35.7 Å². The summed E-state index contributed by atoms with van der Waals surface area (Å²) in [5.41, 5.74) is 1.35. The Morgan fingerprint density at radius 2 is 1.81 bits per heavy atom. The van der Waals surface area contributed by atoms with E-state index in [4.69, 9.17) is 16.3 Å². The van der Waals surface area contributed by atoms with Crippen LogP contribution in [0.5, 0.6) is 5.75 Å². The summed E-state index contributed by atoms with van der Waals surface area (Å²) in [4.78, 5) is 28.4. The number of rotatable bonds is 5. The zero-order valence-electron chi connectivity index (χ0n) is 14.2. The van der Waals surface area contributed by atoms with Crippen LogP contribution < -0.4 is 20.7 Å². The first-order valence-corrected chi connectivity index (χ1v) is 9.04. The van der Waals surface area contributed by atoms with E-state index in [1.807, 2.05) is 18.2 Å². The number of carbonyl (C=O) groups excluding carboxylic acids is 2. The highest BCUT2D eigenvalue weighted by atomic mass is 35.5. The highest BCUT2D eigenvalue weighted by molar-refractivity contribution is 7.14. The van der Waals surface area contributed by atoms with Crippen molar-refractivity contribution in [2.24, 2.45) is 0 Å². The van der Waals surface area contributed by atoms with Crippen molar-refractivity contribution in [1.82, 2.24) is 4.98 Å². The molecule has 3 N–H and O–H groups in total. The van der Waals surface area contributed by atoms with Gasteiger partial charge in [0.1, 0.15) is 11.4 Å². The summed E-state index contributed by atoms with van der Waals surface area (Å²) in [6.07, 6.45) is 0. The number of urea groups is 1. The third-order valence-corrected chi connectivity index (χ3v) is 4.45. The number of anilines is 3. The predicted octanol–water partition coefficient (Wildman–Crippen LogP) is 4.70. The number of amides is 3. The molecule has 0 radical (unpaired) electrons. The van der Waals surface area contributed by atoms with Crippen LogP contribution in [0, 0.1) is 0 Å². The van der Waals surface area contributed by atoms with Crippen molar-refractivity contribution < 1.29 is 14.3 Å². The average Bonchev–Trinajstić information content (AvgIpc) is 3.11. The monoisotopic (exact) mass is 402 g/mol. The Hall–Kier alpha value is -3.10. The molecule has 0 atom stereocenters. The van der Waals surface area contributed by atoms with E-state index in [0.29, 0.717) is 27.3 Å². The molecule has 2 aromatic carbocycles. The molecule has 0 aliphatic heterocycles. The number of hydrogen-bond acceptors (Lipinski definition) is 5. The van der Waals surface area contributed by atoms with Gasteiger partial charge in [-0.15, -0.1) is 11.3 Å². The summed E-state index contributed by atoms with van der Waals surface area (Å²) < 4.78 is 5.07. The molecule has 3 aromatic rings. The molecular formula is C18H15ClN4O3S. The van der Waals surface area contributed by atoms with E-state index in [-0.39, 0.29) is 5.69 Å². The summed E-state index contributed by atoms with van der Waals surface area (Å²) in [6.45, 7) is 0. The first-order valence-electron chi connectivity index (χ1n) is 7.78. The Morgan fingerprint density at radius 1 is 1.04 bits per heavy atom. The largest absolute Gasteiger partial charge is 0.495 e. The topological polar surface area (TPSA) is 92.4 Å². The summed E-state index contributed by atoms with van der Waals surface area (Å²) in [5.74, 6) is 0.100. The molecule has 0 unspecified atom stereocenters. The second kappa shape index (κ2) is 8.52. The Bertz CT molecular complexity index is 962. The van der Waals surface area contributed by atoms with Gasteiger partial charge in [0.25, 0.3) is 5.91 Å². The van der Waals surface area contributed by atoms with Crippen molar-refractivity contribution in [3.63, 3.8) is 0 Å². The molecule has 138 valence electrons. The quantitative estimate of drug-likeness (QED) is 0.576. The van der Waals surface area contributed by atoms with Crippen LogP contribution >= 0.6 is 22.9 Å². The molecule has 1 heterocycles. The van der Waals surface area contributed by atoms with E-state index in [2.05, 4.69) is 20.9 Å². The number of carbonyl (C=O) groups is 2. The molecule has 0 aliphatic rings. The third-order valence-electron chi connectivity index (χ3n) is 3.40. The maximum Gasteiger partial charge on any atom is 0.325 e. The lowest BCUT2D eigenvalue weighted by Crippen LogP contribution is -2.19. The first-order chi connectivity index (χ1) is 13.0. The molecule has 0 saturated heterocycles. The van der Waals surface area contributed by atoms with Crippen LogP contribution in [-0.2, 0) is 0 Å². The third kappa shape index (κ3) is 4.96. The number of aromatic nitrogens is 1. The zero-order chi connectivity index (χ0) is 19.2. The van der Waals surface area contributed by atoms with Crippen molar-refractivity contribution in [3.8, 4) is 5.75 Å². The predicted molar refractivity (Wildman–Crippen MR) is 107 cm³/mol. The van der Waals surface area contributed by atoms with E-state index >= 15 is 0 Å². The molecule has 0 saturated carbocycles. The molecule has 0 spiro atoms. The highest BCUT2D eigenvalue weighted by Crippen LogP contribution is 2.27. The number of ether oxygens (including phenoxy) is 1. The Labute approximate surface area is 164 Å². The van der Waals surface area contributed by atoms with Crippen LogP contribution in [0.25, 0.3) is 0 Å². The standard InChI is InChI=1S/C18H15ClN4O3S/c1-26-15-8-7-12(9-13(15)19)20-16(24)14-10-27-18(22-14)23-17(25)21-11-5-3-2-4-6-11/h2-10H,1H3,(H,20,24)(H2,21,22,23,25). The average molecular weight is 403 g/mol. The molecule has 3 rings (SSSR count). The summed E-state index contributed by atoms with van der Waals surface area (Å²) in [7, 11) is 1.51. The number of nitrogens with one attached hydrogen (secondary N) is 3. The Balaban J connectivity index is 1.60. The number of nitrogens with zero attached hydrogens (tertiary/aromatic N) is 1. The van der Waals surface area contributed by atoms with Crippen molar-refractivity contribution >= 4 is 51.4 Å². The van der Waals surface area contributed by atoms with Gasteiger partial charge in [-0.2, -0.15) is 0 Å². The Kier molecular flexibility index (Phi) is 5.90. The van der Waals surface area contributed by atoms with Gasteiger partial charge in [-0.3, -0.25) is 10.1 Å². The van der Waals surface area contributed by atoms with Crippen molar-refractivity contribution in [1.29, 1.82) is 0 Å². The number of hydrogen-bond donors (Lipinski definition) is 3. The maximum atomic E-state index is 12.3. The van der Waals surface area contributed by atoms with E-state index < -0.39 is 11.9 Å². The SMILES string of the molecule is COc1ccc(NC(=O)c2csc(NC(=O)Nc3ccccc3)n2)cc1Cl. The minimum Gasteiger partial charge on any atom is -0.495 e. The lowest BCUT2D eigenvalue weighted by molar-refractivity contribution is 0.102. The fourth-order valence-corrected chi connectivity index (χ4v) is 3.10. The first kappa shape index (κ1) is 18.7. The number of para-hydroxylation sites is 1. The molecule has 7 nitrogen and oxygen atoms in total. The van der Waals surface area contributed by atoms with Gasteiger partial charge in [0.05, 0.1) is 12.1 Å². The second-order valence-electron chi connectivity index (χ2n) is 5.29. The summed E-state index contributed by atoms with van der Waals surface area (Å²) >= 11 is 7.19. The molecule has 0 fully saturated rings. The second-order valence-corrected chi connectivity index (χ2v) is 6.55. The van der Waals surface area contributed by atoms with Gasteiger partial charge >= 0.3 is 6.03 Å². The molecule has 9 heteroatoms. The van der Waals surface area contributed by atoms with Crippen molar-refractivity contribution in [2.45, 2.75) is 0 Å². The van der Waals surface area contributed by atoms with Gasteiger partial charge in [-0.05, 0) is 30.3 Å². The molecular weight excluding hydrogens is 388 g/mol. The maximum absolute atomic E-state index is 12.3. The minimum atomic E-state index is -0.440. The highest BCUT2D eigenvalue weighted by Gasteiger charge is 2.13. The lowest BCUT2D eigenvalue weighted by Gasteiger charge is -2.07. The molecule has 3 amide bonds. The summed E-state index contributed by atoms with van der Waals surface area (Å²) in [5, 5.41) is 10.2. The van der Waals surface area contributed by atoms with Gasteiger partial charge < -0.3 is 15.4 Å². The van der Waals surface area contributed by atoms with Crippen molar-refractivity contribution in [3.05, 3.63) is 64.6 Å². The van der Waals surface area contributed by atoms with Crippen LogP contribution in [0.3, 0.4) is 0 Å². The van der Waals surface area contributed by atoms with Gasteiger partial charge in [-0.25, -0.2) is 9.78 Å². The minimum absolute atomic E-state index is 0.182. The molecule has 27 heavy (non-hydrogen) atoms. The van der Waals surface area contributed by atoms with Crippen LogP contribution in [0.2, 0.25) is 5.02 Å². The number of halogens is 1. The van der Waals surface area contributed by atoms with Crippen LogP contribution in [-0.4, -0.2) is 24.0 Å². The van der Waals surface area contributed by atoms with Gasteiger partial charge in [0, 0.05) is 16.8 Å². The number of benzene rings is 2. The lowest BCUT2D eigenvalue weighted by atomic mass is 10.3. The zero-order valence-corrected chi connectivity index (χ0v) is 15.7. The fourth-order valence-electron chi connectivity index (χ4n) is 2.16. The Morgan fingerprint density at radius 3 is 2.52 bits per heavy atom. The van der Waals surface area contributed by atoms with Gasteiger partial charge in [0.2, 0.25) is 0 Å². The summed E-state index contributed by atoms with van der Waals surface area (Å²) in [6, 6.07) is 13.5. The van der Waals surface area contributed by atoms with Gasteiger partial charge in [0.15, 0.2) is 5.13 Å². The number of methoxy groups -OCH3 is 1. The van der Waals surface area contributed by atoms with Crippen LogP contribution in [0.1, 0.15) is 10.5 Å². The van der Waals surface area contributed by atoms with Crippen LogP contribution in [0.4, 0.5) is 21.3 Å². The van der Waals surface area contributed by atoms with Crippen molar-refractivity contribution in [2.75, 3.05) is 23.1 Å². The normalized spacial score (nSPS) is 10.1. The molecule has 1 aromatic heterocycles. The smallest absolute Gasteiger partial charge is 0.325 e. The van der Waals surface area contributed by atoms with Crippen LogP contribution in [0.15, 0.2) is 53.9 Å². The van der Waals surface area contributed by atoms with E-state index in [1.165, 1.54) is 7.11 Å². The number of thiazole rings is 1. The molecule has 0 bridgehead atoms.